The summed E-state index contributed by atoms with van der Waals surface area (Å²) in [6.45, 7) is 0. The Morgan fingerprint density at radius 3 is 1.38 bits per heavy atom. The van der Waals surface area contributed by atoms with Crippen LogP contribution in [0.3, 0.4) is 0 Å². The van der Waals surface area contributed by atoms with Gasteiger partial charge in [0.15, 0.2) is 5.84 Å². The van der Waals surface area contributed by atoms with Crippen LogP contribution in [0.25, 0.3) is 66.4 Å². The highest BCUT2D eigenvalue weighted by molar-refractivity contribution is 6.14. The van der Waals surface area contributed by atoms with Crippen LogP contribution in [-0.2, 0) is 0 Å². The first-order chi connectivity index (χ1) is 27.2. The standard InChI is InChI=1S/C51H35N3O/c1-4-11-34(12-5-1)37-19-21-40(22-20-37)43-31-32-44-47(33-43)55-46-18-10-17-45(48(44)46)51-53-49(41-27-23-38(24-28-41)35-13-6-2-7-14-35)52-50(54-51)42-29-25-39(26-30-42)36-15-8-3-9-16-36/h1-33,51H,(H,52,53,54). The summed E-state index contributed by atoms with van der Waals surface area (Å²) >= 11 is 0. The van der Waals surface area contributed by atoms with Crippen LogP contribution < -0.4 is 5.32 Å². The number of aliphatic imine (C=N–C) groups is 2. The highest BCUT2D eigenvalue weighted by atomic mass is 16.3. The van der Waals surface area contributed by atoms with Gasteiger partial charge in [-0.25, -0.2) is 9.98 Å². The summed E-state index contributed by atoms with van der Waals surface area (Å²) in [4.78, 5) is 10.4. The third kappa shape index (κ3) is 6.30. The Morgan fingerprint density at radius 2 is 0.836 bits per heavy atom. The molecule has 1 N–H and O–H groups in total. The molecule has 260 valence electrons. The molecule has 0 saturated carbocycles. The van der Waals surface area contributed by atoms with Crippen LogP contribution in [0.5, 0.6) is 0 Å². The van der Waals surface area contributed by atoms with Crippen molar-refractivity contribution in [1.29, 1.82) is 0 Å². The van der Waals surface area contributed by atoms with Crippen molar-refractivity contribution in [2.45, 2.75) is 6.17 Å². The maximum Gasteiger partial charge on any atom is 0.159 e. The van der Waals surface area contributed by atoms with E-state index < -0.39 is 6.17 Å². The molecule has 0 aliphatic carbocycles. The van der Waals surface area contributed by atoms with Gasteiger partial charge in [0.2, 0.25) is 0 Å². The molecule has 55 heavy (non-hydrogen) atoms. The second-order valence-electron chi connectivity index (χ2n) is 13.8. The molecular weight excluding hydrogens is 671 g/mol. The molecule has 8 aromatic carbocycles. The predicted octanol–water partition coefficient (Wildman–Crippen LogP) is 12.7. The molecule has 0 radical (unpaired) electrons. The van der Waals surface area contributed by atoms with Crippen LogP contribution in [0.4, 0.5) is 0 Å². The summed E-state index contributed by atoms with van der Waals surface area (Å²) in [5.41, 5.74) is 14.0. The number of nitrogens with zero attached hydrogens (tertiary/aromatic N) is 2. The fraction of sp³-hybridized carbons (Fsp3) is 0.0196. The summed E-state index contributed by atoms with van der Waals surface area (Å²) in [5, 5.41) is 5.80. The number of fused-ring (bicyclic) bond motifs is 3. The quantitative estimate of drug-likeness (QED) is 0.179. The highest BCUT2D eigenvalue weighted by Crippen LogP contribution is 2.38. The van der Waals surface area contributed by atoms with Gasteiger partial charge in [0.1, 0.15) is 23.2 Å². The van der Waals surface area contributed by atoms with Crippen molar-refractivity contribution < 1.29 is 4.42 Å². The van der Waals surface area contributed by atoms with Gasteiger partial charge in [-0.2, -0.15) is 0 Å². The van der Waals surface area contributed by atoms with Crippen LogP contribution in [0, 0.1) is 0 Å². The summed E-state index contributed by atoms with van der Waals surface area (Å²) in [7, 11) is 0. The normalized spacial score (nSPS) is 14.0. The van der Waals surface area contributed by atoms with E-state index in [0.29, 0.717) is 5.84 Å². The van der Waals surface area contributed by atoms with Gasteiger partial charge in [-0.05, 0) is 62.7 Å². The third-order valence-electron chi connectivity index (χ3n) is 10.4. The van der Waals surface area contributed by atoms with E-state index in [0.717, 1.165) is 66.7 Å². The molecule has 2 heterocycles. The molecule has 4 nitrogen and oxygen atoms in total. The van der Waals surface area contributed by atoms with Crippen LogP contribution in [0.2, 0.25) is 0 Å². The van der Waals surface area contributed by atoms with Gasteiger partial charge < -0.3 is 9.73 Å². The zero-order valence-corrected chi connectivity index (χ0v) is 29.9. The average Bonchev–Trinajstić information content (AvgIpc) is 3.66. The van der Waals surface area contributed by atoms with Crippen molar-refractivity contribution in [3.63, 3.8) is 0 Å². The van der Waals surface area contributed by atoms with Crippen LogP contribution in [-0.4, -0.2) is 11.7 Å². The van der Waals surface area contributed by atoms with E-state index in [1.54, 1.807) is 0 Å². The van der Waals surface area contributed by atoms with Gasteiger partial charge in [0.05, 0.1) is 0 Å². The number of benzene rings is 8. The van der Waals surface area contributed by atoms with Crippen molar-refractivity contribution in [3.8, 4) is 44.5 Å². The summed E-state index contributed by atoms with van der Waals surface area (Å²) in [5.74, 6) is 1.45. The summed E-state index contributed by atoms with van der Waals surface area (Å²) in [6, 6.07) is 69.9. The van der Waals surface area contributed by atoms with Crippen LogP contribution in [0.1, 0.15) is 22.9 Å². The minimum atomic E-state index is -0.403. The van der Waals surface area contributed by atoms with E-state index in [2.05, 4.69) is 181 Å². The molecule has 10 rings (SSSR count). The average molecular weight is 706 g/mol. The number of hydrogen-bond donors (Lipinski definition) is 1. The smallest absolute Gasteiger partial charge is 0.159 e. The van der Waals surface area contributed by atoms with Crippen molar-refractivity contribution >= 4 is 33.6 Å². The first-order valence-electron chi connectivity index (χ1n) is 18.6. The van der Waals surface area contributed by atoms with Crippen LogP contribution in [0.15, 0.2) is 215 Å². The topological polar surface area (TPSA) is 49.9 Å². The second kappa shape index (κ2) is 13.9. The Balaban J connectivity index is 1.03. The number of furan rings is 1. The number of rotatable bonds is 7. The van der Waals surface area contributed by atoms with Crippen molar-refractivity contribution in [3.05, 3.63) is 217 Å². The first kappa shape index (κ1) is 32.4. The monoisotopic (exact) mass is 705 g/mol. The summed E-state index contributed by atoms with van der Waals surface area (Å²) in [6.07, 6.45) is -0.403. The molecule has 4 heteroatoms. The van der Waals surface area contributed by atoms with E-state index in [4.69, 9.17) is 14.4 Å². The van der Waals surface area contributed by atoms with Gasteiger partial charge >= 0.3 is 0 Å². The molecule has 0 saturated heterocycles. The summed E-state index contributed by atoms with van der Waals surface area (Å²) < 4.78 is 6.57. The number of nitrogens with one attached hydrogen (secondary N) is 1. The zero-order chi connectivity index (χ0) is 36.6. The largest absolute Gasteiger partial charge is 0.456 e. The predicted molar refractivity (Wildman–Crippen MR) is 227 cm³/mol. The molecule has 1 aliphatic rings. The molecule has 1 unspecified atom stereocenters. The maximum absolute atomic E-state index is 6.57. The minimum absolute atomic E-state index is 0.403. The van der Waals surface area contributed by atoms with Crippen molar-refractivity contribution in [2.75, 3.05) is 0 Å². The lowest BCUT2D eigenvalue weighted by molar-refractivity contribution is 0.662. The van der Waals surface area contributed by atoms with E-state index in [1.807, 2.05) is 24.3 Å². The maximum atomic E-state index is 6.57. The van der Waals surface area contributed by atoms with Gasteiger partial charge in [-0.3, -0.25) is 0 Å². The van der Waals surface area contributed by atoms with E-state index >= 15 is 0 Å². The molecule has 1 aromatic heterocycles. The molecule has 1 atom stereocenters. The molecule has 9 aromatic rings. The van der Waals surface area contributed by atoms with E-state index in [1.165, 1.54) is 22.3 Å². The van der Waals surface area contributed by atoms with Crippen molar-refractivity contribution in [2.24, 2.45) is 9.98 Å². The molecular formula is C51H35N3O. The Kier molecular flexibility index (Phi) is 8.19. The Morgan fingerprint density at radius 1 is 0.382 bits per heavy atom. The molecule has 0 fully saturated rings. The van der Waals surface area contributed by atoms with Crippen LogP contribution >= 0.6 is 0 Å². The van der Waals surface area contributed by atoms with Gasteiger partial charge in [-0.1, -0.05) is 182 Å². The fourth-order valence-electron chi connectivity index (χ4n) is 7.53. The lowest BCUT2D eigenvalue weighted by Gasteiger charge is -2.24. The molecule has 1 aliphatic heterocycles. The molecule has 0 spiro atoms. The van der Waals surface area contributed by atoms with E-state index in [-0.39, 0.29) is 0 Å². The molecule has 0 amide bonds. The Bertz CT molecular complexity index is 2840. The second-order valence-corrected chi connectivity index (χ2v) is 13.8. The van der Waals surface area contributed by atoms with Gasteiger partial charge in [-0.15, -0.1) is 0 Å². The number of hydrogen-bond acceptors (Lipinski definition) is 4. The first-order valence-corrected chi connectivity index (χ1v) is 18.6. The lowest BCUT2D eigenvalue weighted by atomic mass is 9.98. The number of amidine groups is 2. The minimum Gasteiger partial charge on any atom is -0.456 e. The lowest BCUT2D eigenvalue weighted by Crippen LogP contribution is -2.33. The Hall–Kier alpha value is -7.30. The SMILES string of the molecule is c1ccc(-c2ccc(C3=NC(c4cccc5oc6cc(-c7ccc(-c8ccccc8)cc7)ccc6c45)NC(c4ccc(-c5ccccc5)cc4)=N3)cc2)cc1. The highest BCUT2D eigenvalue weighted by Gasteiger charge is 2.25. The van der Waals surface area contributed by atoms with Gasteiger partial charge in [0.25, 0.3) is 0 Å². The third-order valence-corrected chi connectivity index (χ3v) is 10.4. The van der Waals surface area contributed by atoms with Crippen molar-refractivity contribution in [1.82, 2.24) is 5.32 Å². The zero-order valence-electron chi connectivity index (χ0n) is 29.9. The fourth-order valence-corrected chi connectivity index (χ4v) is 7.53. The van der Waals surface area contributed by atoms with Gasteiger partial charge in [0, 0.05) is 27.5 Å². The Labute approximate surface area is 319 Å². The van der Waals surface area contributed by atoms with E-state index in [9.17, 15) is 0 Å². The molecule has 0 bridgehead atoms.